The minimum Gasteiger partial charge on any atom is -0.396 e. The SMILES string of the molecule is CC(=O)c1ccccc1NC(=O)CCN1CCCCC1CCO. The van der Waals surface area contributed by atoms with Gasteiger partial charge in [-0.05, 0) is 44.9 Å². The largest absolute Gasteiger partial charge is 0.396 e. The number of ketones is 1. The van der Waals surface area contributed by atoms with E-state index in [1.165, 1.54) is 13.3 Å². The number of amides is 1. The Morgan fingerprint density at radius 3 is 2.83 bits per heavy atom. The van der Waals surface area contributed by atoms with Gasteiger partial charge < -0.3 is 10.4 Å². The maximum Gasteiger partial charge on any atom is 0.225 e. The first kappa shape index (κ1) is 17.6. The van der Waals surface area contributed by atoms with Crippen LogP contribution >= 0.6 is 0 Å². The average molecular weight is 318 g/mol. The lowest BCUT2D eigenvalue weighted by Crippen LogP contribution is -2.41. The average Bonchev–Trinajstić information content (AvgIpc) is 2.54. The van der Waals surface area contributed by atoms with E-state index >= 15 is 0 Å². The summed E-state index contributed by atoms with van der Waals surface area (Å²) in [7, 11) is 0. The molecule has 5 heteroatoms. The number of carbonyl (C=O) groups excluding carboxylic acids is 2. The molecule has 23 heavy (non-hydrogen) atoms. The second-order valence-corrected chi connectivity index (χ2v) is 6.10. The molecule has 1 heterocycles. The summed E-state index contributed by atoms with van der Waals surface area (Å²) in [6, 6.07) is 7.46. The molecule has 2 N–H and O–H groups in total. The van der Waals surface area contributed by atoms with Gasteiger partial charge in [-0.1, -0.05) is 18.6 Å². The summed E-state index contributed by atoms with van der Waals surface area (Å²) in [5.41, 5.74) is 1.12. The summed E-state index contributed by atoms with van der Waals surface area (Å²) in [5, 5.41) is 12.0. The van der Waals surface area contributed by atoms with Crippen molar-refractivity contribution >= 4 is 17.4 Å². The molecule has 1 aromatic carbocycles. The van der Waals surface area contributed by atoms with Crippen LogP contribution < -0.4 is 5.32 Å². The van der Waals surface area contributed by atoms with Gasteiger partial charge >= 0.3 is 0 Å². The molecular weight excluding hydrogens is 292 g/mol. The number of aliphatic hydroxyl groups is 1. The van der Waals surface area contributed by atoms with Crippen LogP contribution in [0.15, 0.2) is 24.3 Å². The number of para-hydroxylation sites is 1. The van der Waals surface area contributed by atoms with Crippen molar-refractivity contribution in [3.8, 4) is 0 Å². The van der Waals surface area contributed by atoms with E-state index in [4.69, 9.17) is 5.11 Å². The van der Waals surface area contributed by atoms with E-state index in [0.717, 1.165) is 25.8 Å². The highest BCUT2D eigenvalue weighted by molar-refractivity contribution is 6.03. The molecule has 0 saturated carbocycles. The second-order valence-electron chi connectivity index (χ2n) is 6.10. The Labute approximate surface area is 137 Å². The van der Waals surface area contributed by atoms with E-state index in [0.29, 0.717) is 30.3 Å². The molecule has 1 amide bonds. The number of aliphatic hydroxyl groups excluding tert-OH is 1. The van der Waals surface area contributed by atoms with Crippen molar-refractivity contribution in [3.05, 3.63) is 29.8 Å². The normalized spacial score (nSPS) is 18.6. The highest BCUT2D eigenvalue weighted by Gasteiger charge is 2.22. The summed E-state index contributed by atoms with van der Waals surface area (Å²) in [5.74, 6) is -0.132. The second kappa shape index (κ2) is 8.79. The first-order valence-corrected chi connectivity index (χ1v) is 8.36. The van der Waals surface area contributed by atoms with Crippen molar-refractivity contribution in [1.82, 2.24) is 4.90 Å². The van der Waals surface area contributed by atoms with E-state index in [9.17, 15) is 9.59 Å². The number of anilines is 1. The summed E-state index contributed by atoms with van der Waals surface area (Å²) in [4.78, 5) is 26.1. The van der Waals surface area contributed by atoms with Crippen LogP contribution in [0.5, 0.6) is 0 Å². The minimum atomic E-state index is -0.0768. The zero-order valence-corrected chi connectivity index (χ0v) is 13.8. The van der Waals surface area contributed by atoms with E-state index < -0.39 is 0 Å². The van der Waals surface area contributed by atoms with Crippen LogP contribution in [-0.4, -0.2) is 47.4 Å². The summed E-state index contributed by atoms with van der Waals surface area (Å²) >= 11 is 0. The molecular formula is C18H26N2O3. The number of benzene rings is 1. The van der Waals surface area contributed by atoms with Crippen molar-refractivity contribution in [2.45, 2.75) is 45.1 Å². The number of nitrogens with one attached hydrogen (secondary N) is 1. The van der Waals surface area contributed by atoms with Gasteiger partial charge in [0.2, 0.25) is 5.91 Å². The molecule has 0 aliphatic carbocycles. The van der Waals surface area contributed by atoms with Crippen molar-refractivity contribution in [2.75, 3.05) is 25.0 Å². The highest BCUT2D eigenvalue weighted by Crippen LogP contribution is 2.20. The summed E-state index contributed by atoms with van der Waals surface area (Å²) in [6.45, 7) is 3.37. The topological polar surface area (TPSA) is 69.6 Å². The van der Waals surface area contributed by atoms with Crippen LogP contribution in [0.1, 0.15) is 49.4 Å². The fourth-order valence-corrected chi connectivity index (χ4v) is 3.19. The number of nitrogens with zero attached hydrogens (tertiary/aromatic N) is 1. The third kappa shape index (κ3) is 5.15. The van der Waals surface area contributed by atoms with E-state index in [1.807, 2.05) is 6.07 Å². The van der Waals surface area contributed by atoms with Crippen molar-refractivity contribution in [3.63, 3.8) is 0 Å². The van der Waals surface area contributed by atoms with Gasteiger partial charge in [0.15, 0.2) is 5.78 Å². The number of rotatable bonds is 7. The number of hydrogen-bond donors (Lipinski definition) is 2. The van der Waals surface area contributed by atoms with Gasteiger partial charge in [-0.15, -0.1) is 0 Å². The summed E-state index contributed by atoms with van der Waals surface area (Å²) in [6.07, 6.45) is 4.61. The number of carbonyl (C=O) groups is 2. The molecule has 0 spiro atoms. The van der Waals surface area contributed by atoms with E-state index in [1.54, 1.807) is 18.2 Å². The van der Waals surface area contributed by atoms with Gasteiger partial charge in [0, 0.05) is 31.2 Å². The van der Waals surface area contributed by atoms with Gasteiger partial charge in [-0.25, -0.2) is 0 Å². The monoisotopic (exact) mass is 318 g/mol. The first-order chi connectivity index (χ1) is 11.1. The number of Topliss-reactive ketones (excluding diaryl/α,β-unsaturated/α-hetero) is 1. The maximum absolute atomic E-state index is 12.2. The molecule has 1 aliphatic rings. The predicted octanol–water partition coefficient (Wildman–Crippen LogP) is 2.45. The molecule has 2 rings (SSSR count). The van der Waals surface area contributed by atoms with Crippen molar-refractivity contribution in [2.24, 2.45) is 0 Å². The van der Waals surface area contributed by atoms with Gasteiger partial charge in [-0.3, -0.25) is 14.5 Å². The Balaban J connectivity index is 1.88. The molecule has 1 unspecified atom stereocenters. The van der Waals surface area contributed by atoms with Crippen molar-refractivity contribution in [1.29, 1.82) is 0 Å². The fourth-order valence-electron chi connectivity index (χ4n) is 3.19. The minimum absolute atomic E-state index is 0.0556. The van der Waals surface area contributed by atoms with Crippen LogP contribution in [0, 0.1) is 0 Å². The number of likely N-dealkylation sites (tertiary alicyclic amines) is 1. The smallest absolute Gasteiger partial charge is 0.225 e. The molecule has 1 saturated heterocycles. The molecule has 1 aliphatic heterocycles. The Morgan fingerprint density at radius 2 is 2.09 bits per heavy atom. The van der Waals surface area contributed by atoms with E-state index in [2.05, 4.69) is 10.2 Å². The standard InChI is InChI=1S/C18H26N2O3/c1-14(22)16-7-2-3-8-17(16)19-18(23)9-12-20-11-5-4-6-15(20)10-13-21/h2-3,7-8,15,21H,4-6,9-13H2,1H3,(H,19,23). The lowest BCUT2D eigenvalue weighted by Gasteiger charge is -2.35. The Bertz CT molecular complexity index is 543. The number of piperidine rings is 1. The molecule has 0 aromatic heterocycles. The molecule has 1 fully saturated rings. The van der Waals surface area contributed by atoms with E-state index in [-0.39, 0.29) is 18.3 Å². The van der Waals surface area contributed by atoms with Crippen LogP contribution in [0.4, 0.5) is 5.69 Å². The fraction of sp³-hybridized carbons (Fsp3) is 0.556. The molecule has 5 nitrogen and oxygen atoms in total. The maximum atomic E-state index is 12.2. The molecule has 126 valence electrons. The van der Waals surface area contributed by atoms with Crippen LogP contribution in [-0.2, 0) is 4.79 Å². The molecule has 1 atom stereocenters. The lowest BCUT2D eigenvalue weighted by atomic mass is 9.99. The Morgan fingerprint density at radius 1 is 1.30 bits per heavy atom. The molecule has 0 radical (unpaired) electrons. The van der Waals surface area contributed by atoms with Gasteiger partial charge in [-0.2, -0.15) is 0 Å². The predicted molar refractivity (Wildman–Crippen MR) is 90.6 cm³/mol. The third-order valence-electron chi connectivity index (χ3n) is 4.42. The quantitative estimate of drug-likeness (QED) is 0.758. The third-order valence-corrected chi connectivity index (χ3v) is 4.42. The highest BCUT2D eigenvalue weighted by atomic mass is 16.3. The lowest BCUT2D eigenvalue weighted by molar-refractivity contribution is -0.116. The Hall–Kier alpha value is -1.72. The van der Waals surface area contributed by atoms with Gasteiger partial charge in [0.25, 0.3) is 0 Å². The number of hydrogen-bond acceptors (Lipinski definition) is 4. The zero-order chi connectivity index (χ0) is 16.7. The van der Waals surface area contributed by atoms with Crippen molar-refractivity contribution < 1.29 is 14.7 Å². The first-order valence-electron chi connectivity index (χ1n) is 8.36. The van der Waals surface area contributed by atoms with Crippen LogP contribution in [0.25, 0.3) is 0 Å². The molecule has 0 bridgehead atoms. The zero-order valence-electron chi connectivity index (χ0n) is 13.8. The van der Waals surface area contributed by atoms with Crippen LogP contribution in [0.3, 0.4) is 0 Å². The van der Waals surface area contributed by atoms with Gasteiger partial charge in [0.05, 0.1) is 5.69 Å². The molecule has 1 aromatic rings. The summed E-state index contributed by atoms with van der Waals surface area (Å²) < 4.78 is 0. The van der Waals surface area contributed by atoms with Gasteiger partial charge in [0.1, 0.15) is 0 Å². The van der Waals surface area contributed by atoms with Crippen LogP contribution in [0.2, 0.25) is 0 Å². The Kier molecular flexibility index (Phi) is 6.74.